The molecule has 24 heavy (non-hydrogen) atoms. The molecule has 0 bridgehead atoms. The van der Waals surface area contributed by atoms with E-state index in [-0.39, 0.29) is 18.1 Å². The Bertz CT molecular complexity index is 741. The molecule has 4 nitrogen and oxygen atoms in total. The van der Waals surface area contributed by atoms with Crippen molar-refractivity contribution < 1.29 is 18.7 Å². The molecule has 0 aromatic heterocycles. The lowest BCUT2D eigenvalue weighted by Gasteiger charge is -2.28. The quantitative estimate of drug-likeness (QED) is 0.937. The van der Waals surface area contributed by atoms with Crippen molar-refractivity contribution in [3.8, 4) is 11.5 Å². The van der Waals surface area contributed by atoms with E-state index in [4.69, 9.17) is 9.47 Å². The number of halogens is 1. The van der Waals surface area contributed by atoms with Crippen LogP contribution in [0.5, 0.6) is 11.5 Å². The zero-order valence-corrected chi connectivity index (χ0v) is 13.8. The lowest BCUT2D eigenvalue weighted by molar-refractivity contribution is -0.122. The molecule has 0 atom stereocenters. The molecule has 0 radical (unpaired) electrons. The highest BCUT2D eigenvalue weighted by Gasteiger charge is 2.25. The molecule has 0 unspecified atom stereocenters. The second-order valence-electron chi connectivity index (χ2n) is 6.33. The molecule has 2 aromatic carbocycles. The van der Waals surface area contributed by atoms with Crippen molar-refractivity contribution in [2.45, 2.75) is 25.8 Å². The molecule has 0 fully saturated rings. The molecule has 0 spiro atoms. The van der Waals surface area contributed by atoms with Gasteiger partial charge in [0.1, 0.15) is 19.0 Å². The summed E-state index contributed by atoms with van der Waals surface area (Å²) in [5, 5.41) is 3.01. The average Bonchev–Trinajstić information content (AvgIpc) is 2.56. The summed E-state index contributed by atoms with van der Waals surface area (Å²) < 4.78 is 24.0. The number of rotatable bonds is 4. The smallest absolute Gasteiger partial charge is 0.225 e. The lowest BCUT2D eigenvalue weighted by atomic mass is 9.93. The van der Waals surface area contributed by atoms with Gasteiger partial charge in [0.15, 0.2) is 11.5 Å². The Morgan fingerprint density at radius 1 is 1.08 bits per heavy atom. The number of carbonyl (C=O) groups is 1. The van der Waals surface area contributed by atoms with Gasteiger partial charge in [-0.3, -0.25) is 4.79 Å². The van der Waals surface area contributed by atoms with Gasteiger partial charge in [-0.15, -0.1) is 0 Å². The van der Waals surface area contributed by atoms with E-state index in [0.717, 1.165) is 16.9 Å². The minimum Gasteiger partial charge on any atom is -0.486 e. The van der Waals surface area contributed by atoms with E-state index in [1.54, 1.807) is 12.1 Å². The molecule has 5 heteroatoms. The number of nitrogens with one attached hydrogen (secondary N) is 1. The minimum absolute atomic E-state index is 0.124. The first kappa shape index (κ1) is 16.3. The maximum atomic E-state index is 12.9. The van der Waals surface area contributed by atoms with Crippen LogP contribution in [0.25, 0.3) is 0 Å². The molecular weight excluding hydrogens is 309 g/mol. The molecule has 126 valence electrons. The summed E-state index contributed by atoms with van der Waals surface area (Å²) in [5.74, 6) is 0.982. The monoisotopic (exact) mass is 329 g/mol. The maximum absolute atomic E-state index is 12.9. The molecule has 0 saturated heterocycles. The summed E-state index contributed by atoms with van der Waals surface area (Å²) in [6.45, 7) is 4.93. The summed E-state index contributed by atoms with van der Waals surface area (Å²) in [7, 11) is 0. The molecule has 0 saturated carbocycles. The SMILES string of the molecule is CC(C)(NC(=O)Cc1ccc(F)cc1)c1ccc2c(c1)OCCO2. The number of amides is 1. The van der Waals surface area contributed by atoms with Crippen molar-refractivity contribution in [2.75, 3.05) is 13.2 Å². The summed E-state index contributed by atoms with van der Waals surface area (Å²) >= 11 is 0. The predicted octanol–water partition coefficient (Wildman–Crippen LogP) is 3.19. The highest BCUT2D eigenvalue weighted by atomic mass is 19.1. The van der Waals surface area contributed by atoms with Gasteiger partial charge in [0.25, 0.3) is 0 Å². The van der Waals surface area contributed by atoms with Crippen molar-refractivity contribution in [1.29, 1.82) is 0 Å². The summed E-state index contributed by atoms with van der Waals surface area (Å²) in [5.41, 5.74) is 1.14. The van der Waals surface area contributed by atoms with E-state index in [2.05, 4.69) is 5.32 Å². The van der Waals surface area contributed by atoms with E-state index in [0.29, 0.717) is 19.0 Å². The van der Waals surface area contributed by atoms with E-state index >= 15 is 0 Å². The minimum atomic E-state index is -0.563. The van der Waals surface area contributed by atoms with E-state index < -0.39 is 5.54 Å². The second-order valence-corrected chi connectivity index (χ2v) is 6.33. The Labute approximate surface area is 140 Å². The summed E-state index contributed by atoms with van der Waals surface area (Å²) in [6, 6.07) is 11.6. The Kier molecular flexibility index (Phi) is 4.42. The molecule has 3 rings (SSSR count). The molecule has 1 aliphatic heterocycles. The third-order valence-electron chi connectivity index (χ3n) is 3.99. The summed E-state index contributed by atoms with van der Waals surface area (Å²) in [4.78, 5) is 12.3. The van der Waals surface area contributed by atoms with Crippen molar-refractivity contribution in [1.82, 2.24) is 5.32 Å². The van der Waals surface area contributed by atoms with Gasteiger partial charge >= 0.3 is 0 Å². The van der Waals surface area contributed by atoms with Crippen LogP contribution >= 0.6 is 0 Å². The number of fused-ring (bicyclic) bond motifs is 1. The Morgan fingerprint density at radius 2 is 1.75 bits per heavy atom. The van der Waals surface area contributed by atoms with Gasteiger partial charge < -0.3 is 14.8 Å². The maximum Gasteiger partial charge on any atom is 0.225 e. The van der Waals surface area contributed by atoms with Crippen LogP contribution in [-0.2, 0) is 16.8 Å². The molecule has 1 heterocycles. The second kappa shape index (κ2) is 6.51. The van der Waals surface area contributed by atoms with Crippen molar-refractivity contribution >= 4 is 5.91 Å². The van der Waals surface area contributed by atoms with Gasteiger partial charge in [0.2, 0.25) is 5.91 Å². The first-order valence-corrected chi connectivity index (χ1v) is 7.90. The van der Waals surface area contributed by atoms with Gasteiger partial charge in [-0.05, 0) is 49.2 Å². The Balaban J connectivity index is 1.70. The van der Waals surface area contributed by atoms with Crippen LogP contribution in [0.2, 0.25) is 0 Å². The standard InChI is InChI=1S/C19H20FNO3/c1-19(2,14-5-8-16-17(12-14)24-10-9-23-16)21-18(22)11-13-3-6-15(20)7-4-13/h3-8,12H,9-11H2,1-2H3,(H,21,22). The number of hydrogen-bond acceptors (Lipinski definition) is 3. The number of carbonyl (C=O) groups excluding carboxylic acids is 1. The van der Waals surface area contributed by atoms with Crippen molar-refractivity contribution in [2.24, 2.45) is 0 Å². The van der Waals surface area contributed by atoms with Gasteiger partial charge in [-0.1, -0.05) is 18.2 Å². The van der Waals surface area contributed by atoms with Crippen LogP contribution in [0.4, 0.5) is 4.39 Å². The molecule has 1 aliphatic rings. The van der Waals surface area contributed by atoms with E-state index in [1.807, 2.05) is 32.0 Å². The first-order chi connectivity index (χ1) is 11.4. The Hall–Kier alpha value is -2.56. The zero-order valence-electron chi connectivity index (χ0n) is 13.8. The van der Waals surface area contributed by atoms with Crippen LogP contribution in [0, 0.1) is 5.82 Å². The largest absolute Gasteiger partial charge is 0.486 e. The third kappa shape index (κ3) is 3.67. The van der Waals surface area contributed by atoms with Crippen molar-refractivity contribution in [3.63, 3.8) is 0 Å². The van der Waals surface area contributed by atoms with Crippen LogP contribution in [0.1, 0.15) is 25.0 Å². The van der Waals surface area contributed by atoms with Crippen LogP contribution in [0.15, 0.2) is 42.5 Å². The van der Waals surface area contributed by atoms with Gasteiger partial charge in [0, 0.05) is 0 Å². The highest BCUT2D eigenvalue weighted by Crippen LogP contribution is 2.34. The van der Waals surface area contributed by atoms with E-state index in [9.17, 15) is 9.18 Å². The zero-order chi connectivity index (χ0) is 17.2. The fraction of sp³-hybridized carbons (Fsp3) is 0.316. The topological polar surface area (TPSA) is 47.6 Å². The van der Waals surface area contributed by atoms with Gasteiger partial charge in [-0.2, -0.15) is 0 Å². The Morgan fingerprint density at radius 3 is 2.46 bits per heavy atom. The van der Waals surface area contributed by atoms with Crippen LogP contribution in [-0.4, -0.2) is 19.1 Å². The highest BCUT2D eigenvalue weighted by molar-refractivity contribution is 5.79. The molecule has 2 aromatic rings. The molecule has 1 amide bonds. The molecule has 1 N–H and O–H groups in total. The van der Waals surface area contributed by atoms with Gasteiger partial charge in [-0.25, -0.2) is 4.39 Å². The normalized spacial score (nSPS) is 13.5. The van der Waals surface area contributed by atoms with E-state index in [1.165, 1.54) is 12.1 Å². The average molecular weight is 329 g/mol. The number of hydrogen-bond donors (Lipinski definition) is 1. The fourth-order valence-electron chi connectivity index (χ4n) is 2.68. The van der Waals surface area contributed by atoms with Gasteiger partial charge in [0.05, 0.1) is 12.0 Å². The fourth-order valence-corrected chi connectivity index (χ4v) is 2.68. The first-order valence-electron chi connectivity index (χ1n) is 7.90. The van der Waals surface area contributed by atoms with Crippen molar-refractivity contribution in [3.05, 3.63) is 59.4 Å². The molecule has 0 aliphatic carbocycles. The number of benzene rings is 2. The van der Waals surface area contributed by atoms with Crippen LogP contribution in [0.3, 0.4) is 0 Å². The molecular formula is C19H20FNO3. The number of ether oxygens (including phenoxy) is 2. The van der Waals surface area contributed by atoms with Crippen LogP contribution < -0.4 is 14.8 Å². The third-order valence-corrected chi connectivity index (χ3v) is 3.99. The summed E-state index contributed by atoms with van der Waals surface area (Å²) in [6.07, 6.45) is 0.203. The predicted molar refractivity (Wildman–Crippen MR) is 88.7 cm³/mol. The lowest BCUT2D eigenvalue weighted by Crippen LogP contribution is -2.41.